The Bertz CT molecular complexity index is 845. The number of aromatic amines is 1. The fraction of sp³-hybridized carbons (Fsp3) is 0.278. The van der Waals surface area contributed by atoms with Crippen molar-refractivity contribution in [3.05, 3.63) is 54.5 Å². The molecule has 1 aliphatic rings. The smallest absolute Gasteiger partial charge is 0.319 e. The van der Waals surface area contributed by atoms with Crippen molar-refractivity contribution in [2.45, 2.75) is 31.2 Å². The highest BCUT2D eigenvalue weighted by Crippen LogP contribution is 2.33. The second kappa shape index (κ2) is 6.31. The number of benzene rings is 1. The monoisotopic (exact) mass is 321 g/mol. The van der Waals surface area contributed by atoms with Crippen LogP contribution in [0.15, 0.2) is 48.8 Å². The molecule has 0 radical (unpaired) electrons. The molecule has 2 atom stereocenters. The van der Waals surface area contributed by atoms with Gasteiger partial charge in [-0.15, -0.1) is 0 Å². The molecule has 24 heavy (non-hydrogen) atoms. The quantitative estimate of drug-likeness (QED) is 0.691. The predicted octanol–water partition coefficient (Wildman–Crippen LogP) is 3.42. The van der Waals surface area contributed by atoms with E-state index < -0.39 is 0 Å². The highest BCUT2D eigenvalue weighted by molar-refractivity contribution is 6.00. The van der Waals surface area contributed by atoms with Gasteiger partial charge < -0.3 is 10.6 Å². The van der Waals surface area contributed by atoms with Crippen molar-refractivity contribution in [1.82, 2.24) is 20.5 Å². The molecular formula is C18H19N5O. The van der Waals surface area contributed by atoms with Crippen molar-refractivity contribution in [2.75, 3.05) is 5.32 Å². The van der Waals surface area contributed by atoms with Gasteiger partial charge in [0.2, 0.25) is 0 Å². The number of aromatic nitrogens is 3. The van der Waals surface area contributed by atoms with Crippen LogP contribution in [-0.2, 0) is 0 Å². The summed E-state index contributed by atoms with van der Waals surface area (Å²) >= 11 is 0. The molecule has 0 spiro atoms. The summed E-state index contributed by atoms with van der Waals surface area (Å²) < 4.78 is 0. The highest BCUT2D eigenvalue weighted by Gasteiger charge is 2.27. The standard InChI is InChI=1S/C18H19N5O/c24-18(22-16-5-3-6-17-14(16)11-20-23-17)21-13-8-7-12(10-13)15-4-1-2-9-19-15/h1-6,9,11-13H,7-8,10H2,(H,20,23)(H2,21,22,24)/t12-,13-/m1/s1. The molecule has 3 N–H and O–H groups in total. The van der Waals surface area contributed by atoms with Crippen LogP contribution in [0, 0.1) is 0 Å². The Balaban J connectivity index is 1.38. The molecular weight excluding hydrogens is 302 g/mol. The first-order valence-electron chi connectivity index (χ1n) is 8.20. The average molecular weight is 321 g/mol. The van der Waals surface area contributed by atoms with E-state index in [-0.39, 0.29) is 12.1 Å². The number of carbonyl (C=O) groups is 1. The molecule has 0 saturated heterocycles. The van der Waals surface area contributed by atoms with Gasteiger partial charge in [0.1, 0.15) is 0 Å². The van der Waals surface area contributed by atoms with Gasteiger partial charge in [0.25, 0.3) is 0 Å². The lowest BCUT2D eigenvalue weighted by Gasteiger charge is -2.14. The molecule has 0 unspecified atom stereocenters. The number of fused-ring (bicyclic) bond motifs is 1. The van der Waals surface area contributed by atoms with Crippen LogP contribution in [0.25, 0.3) is 10.9 Å². The van der Waals surface area contributed by atoms with Crippen molar-refractivity contribution in [1.29, 1.82) is 0 Å². The molecule has 3 aromatic rings. The normalized spacial score (nSPS) is 20.2. The molecule has 2 heterocycles. The van der Waals surface area contributed by atoms with Gasteiger partial charge in [0.05, 0.1) is 17.4 Å². The number of pyridine rings is 1. The number of carbonyl (C=O) groups excluding carboxylic acids is 1. The number of nitrogens with zero attached hydrogens (tertiary/aromatic N) is 2. The summed E-state index contributed by atoms with van der Waals surface area (Å²) in [5.41, 5.74) is 2.78. The van der Waals surface area contributed by atoms with E-state index in [9.17, 15) is 4.79 Å². The average Bonchev–Trinajstić information content (AvgIpc) is 3.25. The SMILES string of the molecule is O=C(Nc1cccc2[nH]ncc12)N[C@@H]1CC[C@@H](c2ccccn2)C1. The lowest BCUT2D eigenvalue weighted by Crippen LogP contribution is -2.36. The molecule has 0 bridgehead atoms. The summed E-state index contributed by atoms with van der Waals surface area (Å²) in [6.07, 6.45) is 6.51. The van der Waals surface area contributed by atoms with E-state index in [4.69, 9.17) is 0 Å². The highest BCUT2D eigenvalue weighted by atomic mass is 16.2. The fourth-order valence-electron chi connectivity index (χ4n) is 3.42. The number of rotatable bonds is 3. The third-order valence-corrected chi connectivity index (χ3v) is 4.61. The Morgan fingerprint density at radius 1 is 1.17 bits per heavy atom. The Morgan fingerprint density at radius 2 is 2.12 bits per heavy atom. The minimum atomic E-state index is -0.171. The Kier molecular flexibility index (Phi) is 3.86. The lowest BCUT2D eigenvalue weighted by molar-refractivity contribution is 0.248. The minimum absolute atomic E-state index is 0.171. The zero-order chi connectivity index (χ0) is 16.4. The fourth-order valence-corrected chi connectivity index (χ4v) is 3.42. The number of hydrogen-bond acceptors (Lipinski definition) is 3. The lowest BCUT2D eigenvalue weighted by atomic mass is 10.0. The number of H-pyrrole nitrogens is 1. The van der Waals surface area contributed by atoms with Crippen LogP contribution in [0.2, 0.25) is 0 Å². The van der Waals surface area contributed by atoms with Gasteiger partial charge in [-0.1, -0.05) is 12.1 Å². The van der Waals surface area contributed by atoms with Crippen LogP contribution in [0.3, 0.4) is 0 Å². The van der Waals surface area contributed by atoms with E-state index in [1.165, 1.54) is 0 Å². The van der Waals surface area contributed by atoms with Crippen LogP contribution < -0.4 is 10.6 Å². The minimum Gasteiger partial charge on any atom is -0.335 e. The van der Waals surface area contributed by atoms with Gasteiger partial charge in [-0.05, 0) is 43.5 Å². The third kappa shape index (κ3) is 2.95. The Morgan fingerprint density at radius 3 is 3.00 bits per heavy atom. The molecule has 6 nitrogen and oxygen atoms in total. The molecule has 2 aromatic heterocycles. The van der Waals surface area contributed by atoms with Crippen molar-refractivity contribution < 1.29 is 4.79 Å². The predicted molar refractivity (Wildman–Crippen MR) is 92.9 cm³/mol. The first-order chi connectivity index (χ1) is 11.8. The maximum atomic E-state index is 12.3. The van der Waals surface area contributed by atoms with E-state index in [2.05, 4.69) is 31.9 Å². The zero-order valence-corrected chi connectivity index (χ0v) is 13.2. The van der Waals surface area contributed by atoms with E-state index in [1.807, 2.05) is 36.5 Å². The molecule has 4 rings (SSSR count). The van der Waals surface area contributed by atoms with Crippen molar-refractivity contribution >= 4 is 22.6 Å². The molecule has 1 aromatic carbocycles. The molecule has 6 heteroatoms. The molecule has 1 aliphatic carbocycles. The van der Waals surface area contributed by atoms with Crippen LogP contribution in [0.5, 0.6) is 0 Å². The van der Waals surface area contributed by atoms with Crippen LogP contribution in [0.1, 0.15) is 30.9 Å². The first-order valence-corrected chi connectivity index (χ1v) is 8.20. The van der Waals surface area contributed by atoms with Gasteiger partial charge in [-0.3, -0.25) is 10.1 Å². The maximum absolute atomic E-state index is 12.3. The van der Waals surface area contributed by atoms with Gasteiger partial charge in [0.15, 0.2) is 0 Å². The summed E-state index contributed by atoms with van der Waals surface area (Å²) in [4.78, 5) is 16.7. The van der Waals surface area contributed by atoms with E-state index in [1.54, 1.807) is 6.20 Å². The van der Waals surface area contributed by atoms with Gasteiger partial charge >= 0.3 is 6.03 Å². The van der Waals surface area contributed by atoms with E-state index in [0.717, 1.165) is 41.5 Å². The Labute approximate surface area is 139 Å². The summed E-state index contributed by atoms with van der Waals surface area (Å²) in [6.45, 7) is 0. The molecule has 2 amide bonds. The van der Waals surface area contributed by atoms with E-state index >= 15 is 0 Å². The summed E-state index contributed by atoms with van der Waals surface area (Å²) in [5, 5.41) is 13.8. The van der Waals surface area contributed by atoms with Crippen LogP contribution >= 0.6 is 0 Å². The zero-order valence-electron chi connectivity index (χ0n) is 13.2. The summed E-state index contributed by atoms with van der Waals surface area (Å²) in [5.74, 6) is 0.425. The topological polar surface area (TPSA) is 82.7 Å². The first kappa shape index (κ1) is 14.7. The third-order valence-electron chi connectivity index (χ3n) is 4.61. The molecule has 1 saturated carbocycles. The summed E-state index contributed by atoms with van der Waals surface area (Å²) in [7, 11) is 0. The van der Waals surface area contributed by atoms with Crippen molar-refractivity contribution in [3.8, 4) is 0 Å². The van der Waals surface area contributed by atoms with Crippen LogP contribution in [0.4, 0.5) is 10.5 Å². The van der Waals surface area contributed by atoms with Crippen LogP contribution in [-0.4, -0.2) is 27.3 Å². The number of nitrogens with one attached hydrogen (secondary N) is 3. The Hall–Kier alpha value is -2.89. The van der Waals surface area contributed by atoms with E-state index in [0.29, 0.717) is 5.92 Å². The maximum Gasteiger partial charge on any atom is 0.319 e. The second-order valence-corrected chi connectivity index (χ2v) is 6.20. The summed E-state index contributed by atoms with van der Waals surface area (Å²) in [6, 6.07) is 11.7. The number of anilines is 1. The molecule has 0 aliphatic heterocycles. The van der Waals surface area contributed by atoms with Gasteiger partial charge in [-0.25, -0.2) is 4.79 Å². The largest absolute Gasteiger partial charge is 0.335 e. The molecule has 122 valence electrons. The number of urea groups is 1. The molecule has 1 fully saturated rings. The van der Waals surface area contributed by atoms with Gasteiger partial charge in [0, 0.05) is 29.2 Å². The van der Waals surface area contributed by atoms with Gasteiger partial charge in [-0.2, -0.15) is 5.10 Å². The second-order valence-electron chi connectivity index (χ2n) is 6.20. The van der Waals surface area contributed by atoms with Crippen molar-refractivity contribution in [3.63, 3.8) is 0 Å². The number of amides is 2. The van der Waals surface area contributed by atoms with Crippen molar-refractivity contribution in [2.24, 2.45) is 0 Å². The number of hydrogen-bond donors (Lipinski definition) is 3.